The number of amidine groups is 2. The second-order valence-corrected chi connectivity index (χ2v) is 16.8. The van der Waals surface area contributed by atoms with Gasteiger partial charge in [-0.1, -0.05) is 140 Å². The highest BCUT2D eigenvalue weighted by Gasteiger charge is 2.34. The van der Waals surface area contributed by atoms with Crippen LogP contribution in [0.25, 0.3) is 22.9 Å². The fourth-order valence-corrected chi connectivity index (χ4v) is 10.1. The molecule has 8 aliphatic rings. The highest BCUT2D eigenvalue weighted by molar-refractivity contribution is 6.15. The number of benzene rings is 2. The molecule has 2 aromatic carbocycles. The van der Waals surface area contributed by atoms with Crippen molar-refractivity contribution in [3.63, 3.8) is 0 Å². The van der Waals surface area contributed by atoms with Gasteiger partial charge in [0, 0.05) is 46.5 Å². The maximum absolute atomic E-state index is 5.60. The lowest BCUT2D eigenvalue weighted by Gasteiger charge is -2.34. The van der Waals surface area contributed by atoms with Crippen LogP contribution < -0.4 is 10.6 Å². The Morgan fingerprint density at radius 1 is 0.667 bits per heavy atom. The minimum atomic E-state index is -0.216. The van der Waals surface area contributed by atoms with E-state index in [1.54, 1.807) is 0 Å². The summed E-state index contributed by atoms with van der Waals surface area (Å²) in [5.41, 5.74) is 16.5. The Morgan fingerprint density at radius 3 is 2.37 bits per heavy atom. The van der Waals surface area contributed by atoms with Crippen molar-refractivity contribution in [3.05, 3.63) is 232 Å². The quantitative estimate of drug-likeness (QED) is 0.262. The molecular weight excluding hydrogens is 731 g/mol. The van der Waals surface area contributed by atoms with Gasteiger partial charge in [0.15, 0.2) is 5.84 Å². The smallest absolute Gasteiger partial charge is 0.159 e. The van der Waals surface area contributed by atoms with Gasteiger partial charge in [-0.05, 0) is 113 Å². The van der Waals surface area contributed by atoms with Gasteiger partial charge in [0.1, 0.15) is 12.0 Å². The zero-order valence-corrected chi connectivity index (χ0v) is 34.0. The van der Waals surface area contributed by atoms with Crippen LogP contribution >= 0.6 is 0 Å². The Labute approximate surface area is 353 Å². The highest BCUT2D eigenvalue weighted by Crippen LogP contribution is 2.45. The van der Waals surface area contributed by atoms with Gasteiger partial charge in [0.25, 0.3) is 0 Å². The van der Waals surface area contributed by atoms with Crippen LogP contribution in [0.1, 0.15) is 64.9 Å². The Kier molecular flexibility index (Phi) is 9.10. The third-order valence-corrected chi connectivity index (χ3v) is 13.0. The lowest BCUT2D eigenvalue weighted by atomic mass is 9.70. The number of hydrogen-bond donors (Lipinski definition) is 2. The Morgan fingerprint density at radius 2 is 1.47 bits per heavy atom. The molecule has 292 valence electrons. The van der Waals surface area contributed by atoms with Crippen LogP contribution in [0.5, 0.6) is 0 Å². The van der Waals surface area contributed by atoms with Gasteiger partial charge in [-0.15, -0.1) is 0 Å². The molecule has 6 unspecified atom stereocenters. The molecule has 2 aliphatic heterocycles. The number of hydrogen-bond acceptors (Lipinski definition) is 5. The molecule has 11 rings (SSSR count). The molecule has 5 nitrogen and oxygen atoms in total. The van der Waals surface area contributed by atoms with Gasteiger partial charge < -0.3 is 10.6 Å². The zero-order chi connectivity index (χ0) is 40.2. The first-order valence-corrected chi connectivity index (χ1v) is 21.4. The molecule has 0 radical (unpaired) electrons. The second-order valence-electron chi connectivity index (χ2n) is 16.8. The van der Waals surface area contributed by atoms with Crippen LogP contribution in [0.15, 0.2) is 202 Å². The van der Waals surface area contributed by atoms with Crippen LogP contribution in [-0.2, 0) is 0 Å². The van der Waals surface area contributed by atoms with E-state index in [2.05, 4.69) is 188 Å². The minimum absolute atomic E-state index is 0.0357. The fraction of sp³-hybridized carbons (Fsp3) is 0.182. The van der Waals surface area contributed by atoms with Crippen molar-refractivity contribution >= 4 is 34.6 Å². The predicted octanol–water partition coefficient (Wildman–Crippen LogP) is 11.3. The molecule has 6 aliphatic carbocycles. The molecule has 3 aromatic rings. The van der Waals surface area contributed by atoms with Crippen molar-refractivity contribution in [2.75, 3.05) is 0 Å². The van der Waals surface area contributed by atoms with Crippen LogP contribution in [0, 0.1) is 24.7 Å². The van der Waals surface area contributed by atoms with E-state index in [9.17, 15) is 0 Å². The van der Waals surface area contributed by atoms with Crippen molar-refractivity contribution < 1.29 is 0 Å². The summed E-state index contributed by atoms with van der Waals surface area (Å²) >= 11 is 0. The number of aliphatic imine (C=N–C) groups is 2. The number of rotatable bonds is 6. The number of nitrogens with one attached hydrogen (secondary N) is 2. The SMILES string of the molecule is Cc1cccc(C2=CC=C(c3cc(C4=NC(C5CC=Cc6ccccc65)NC(C5=C6C=CC=CC6CC=C5)=N4)cc(C4=C5C=CC=CC5C5C=CC=CC5=C4)c3)C(C)N2)n1. The lowest BCUT2D eigenvalue weighted by Crippen LogP contribution is -2.43. The van der Waals surface area contributed by atoms with Gasteiger partial charge in [-0.3, -0.25) is 4.98 Å². The molecule has 6 atom stereocenters. The van der Waals surface area contributed by atoms with Gasteiger partial charge >= 0.3 is 0 Å². The number of fused-ring (bicyclic) bond motifs is 5. The van der Waals surface area contributed by atoms with Gasteiger partial charge in [-0.25, -0.2) is 9.98 Å². The molecule has 60 heavy (non-hydrogen) atoms. The molecule has 0 spiro atoms. The van der Waals surface area contributed by atoms with E-state index in [0.29, 0.717) is 11.8 Å². The van der Waals surface area contributed by atoms with E-state index in [-0.39, 0.29) is 24.0 Å². The molecule has 5 heteroatoms. The first-order valence-electron chi connectivity index (χ1n) is 21.4. The molecular formula is C55H47N5. The standard InChI is InChI=1S/C55H47N5/c1-34-14-11-27-51(56-34)52-29-28-42(35(2)57-52)39-30-40(50-33-38-17-5-8-22-45(38)46-23-9-10-24-47(46)50)32-41(31-39)53-58-54(48-25-12-18-36-15-3-6-20-43(36)48)60-55(59-53)49-26-13-19-37-16-4-7-21-44(37)49/h3-18,20-24,26-33,35,37,45-46,48,54,57H,19,25H2,1-2H3,(H,58,59,60). The summed E-state index contributed by atoms with van der Waals surface area (Å²) in [5.74, 6) is 2.70. The topological polar surface area (TPSA) is 61.7 Å². The molecule has 0 fully saturated rings. The monoisotopic (exact) mass is 777 g/mol. The fourth-order valence-electron chi connectivity index (χ4n) is 10.1. The van der Waals surface area contributed by atoms with Crippen LogP contribution in [0.3, 0.4) is 0 Å². The number of nitrogens with zero attached hydrogens (tertiary/aromatic N) is 3. The summed E-state index contributed by atoms with van der Waals surface area (Å²) in [4.78, 5) is 15.9. The van der Waals surface area contributed by atoms with E-state index in [1.807, 2.05) is 13.0 Å². The summed E-state index contributed by atoms with van der Waals surface area (Å²) in [5, 5.41) is 7.69. The van der Waals surface area contributed by atoms with Crippen molar-refractivity contribution in [2.45, 2.75) is 44.8 Å². The van der Waals surface area contributed by atoms with Crippen molar-refractivity contribution in [2.24, 2.45) is 27.7 Å². The number of pyridine rings is 1. The van der Waals surface area contributed by atoms with Gasteiger partial charge in [-0.2, -0.15) is 0 Å². The summed E-state index contributed by atoms with van der Waals surface area (Å²) in [6, 6.07) is 22.0. The van der Waals surface area contributed by atoms with E-state index in [0.717, 1.165) is 58.3 Å². The number of aryl methyl sites for hydroxylation is 1. The zero-order valence-electron chi connectivity index (χ0n) is 34.0. The van der Waals surface area contributed by atoms with E-state index in [4.69, 9.17) is 15.0 Å². The van der Waals surface area contributed by atoms with Gasteiger partial charge in [0.2, 0.25) is 0 Å². The van der Waals surface area contributed by atoms with Crippen LogP contribution in [0.2, 0.25) is 0 Å². The number of aromatic nitrogens is 1. The molecule has 1 aromatic heterocycles. The molecule has 0 saturated heterocycles. The molecule has 0 bridgehead atoms. The maximum atomic E-state index is 5.60. The number of dihydropyridines is 1. The summed E-state index contributed by atoms with van der Waals surface area (Å²) in [6.07, 6.45) is 44.6. The Balaban J connectivity index is 1.10. The van der Waals surface area contributed by atoms with Crippen molar-refractivity contribution in [3.8, 4) is 0 Å². The summed E-state index contributed by atoms with van der Waals surface area (Å²) in [7, 11) is 0. The third-order valence-electron chi connectivity index (χ3n) is 13.0. The largest absolute Gasteiger partial charge is 0.377 e. The van der Waals surface area contributed by atoms with Crippen LogP contribution in [-0.4, -0.2) is 28.9 Å². The van der Waals surface area contributed by atoms with Gasteiger partial charge in [0.05, 0.1) is 11.4 Å². The van der Waals surface area contributed by atoms with Crippen LogP contribution in [0.4, 0.5) is 0 Å². The van der Waals surface area contributed by atoms with Crippen molar-refractivity contribution in [1.29, 1.82) is 0 Å². The van der Waals surface area contributed by atoms with E-state index >= 15 is 0 Å². The second kappa shape index (κ2) is 15.1. The predicted molar refractivity (Wildman–Crippen MR) is 249 cm³/mol. The van der Waals surface area contributed by atoms with E-state index in [1.165, 1.54) is 44.6 Å². The maximum Gasteiger partial charge on any atom is 0.159 e. The first kappa shape index (κ1) is 36.2. The Hall–Kier alpha value is -6.85. The van der Waals surface area contributed by atoms with E-state index < -0.39 is 0 Å². The minimum Gasteiger partial charge on any atom is -0.377 e. The lowest BCUT2D eigenvalue weighted by molar-refractivity contribution is 0.503. The molecule has 0 amide bonds. The summed E-state index contributed by atoms with van der Waals surface area (Å²) < 4.78 is 0. The first-order chi connectivity index (χ1) is 29.5. The normalized spacial score (nSPS) is 26.8. The third kappa shape index (κ3) is 6.55. The molecule has 0 saturated carbocycles. The molecule has 3 heterocycles. The summed E-state index contributed by atoms with van der Waals surface area (Å²) in [6.45, 7) is 4.28. The molecule has 2 N–H and O–H groups in total. The average molecular weight is 778 g/mol. The Bertz CT molecular complexity index is 2810. The van der Waals surface area contributed by atoms with Crippen molar-refractivity contribution in [1.82, 2.24) is 15.6 Å². The highest BCUT2D eigenvalue weighted by atomic mass is 15.2. The number of allylic oxidation sites excluding steroid dienone is 21. The average Bonchev–Trinajstić information content (AvgIpc) is 3.30.